The number of piperazine rings is 1. The molecule has 0 N–H and O–H groups in total. The monoisotopic (exact) mass is 420 g/mol. The van der Waals surface area contributed by atoms with Crippen molar-refractivity contribution >= 4 is 39.8 Å². The molecule has 1 amide bonds. The van der Waals surface area contributed by atoms with Gasteiger partial charge in [-0.25, -0.2) is 4.39 Å². The Bertz CT molecular complexity index is 1080. The third kappa shape index (κ3) is 2.78. The Labute approximate surface area is 174 Å². The molecule has 2 aliphatic heterocycles. The Morgan fingerprint density at radius 1 is 1.21 bits per heavy atom. The lowest BCUT2D eigenvalue weighted by molar-refractivity contribution is -0.121. The number of nitrogens with zero attached hydrogens (tertiary/aromatic N) is 4. The maximum atomic E-state index is 15.2. The average molecular weight is 421 g/mol. The molecule has 0 saturated carbocycles. The third-order valence-electron chi connectivity index (χ3n) is 6.35. The molecule has 0 spiro atoms. The quantitative estimate of drug-likeness (QED) is 0.749. The smallest absolute Gasteiger partial charge is 0.277 e. The molecule has 8 heteroatoms. The van der Waals surface area contributed by atoms with Gasteiger partial charge in [-0.05, 0) is 33.4 Å². The molecule has 1 fully saturated rings. The van der Waals surface area contributed by atoms with E-state index in [9.17, 15) is 9.59 Å². The molecule has 156 valence electrons. The second-order valence-corrected chi connectivity index (χ2v) is 8.61. The first-order valence-corrected chi connectivity index (χ1v) is 10.4. The molecule has 0 aliphatic carbocycles. The van der Waals surface area contributed by atoms with E-state index in [2.05, 4.69) is 11.8 Å². The van der Waals surface area contributed by atoms with Gasteiger partial charge in [0, 0.05) is 48.7 Å². The summed E-state index contributed by atoms with van der Waals surface area (Å²) in [5.41, 5.74) is 1.14. The van der Waals surface area contributed by atoms with Crippen LogP contribution in [-0.4, -0.2) is 54.1 Å². The van der Waals surface area contributed by atoms with Crippen LogP contribution in [0.3, 0.4) is 0 Å². The fourth-order valence-electron chi connectivity index (χ4n) is 4.53. The molecule has 0 bridgehead atoms. The molecular weight excluding hydrogens is 395 g/mol. The van der Waals surface area contributed by atoms with E-state index in [1.54, 1.807) is 24.9 Å². The highest BCUT2D eigenvalue weighted by molar-refractivity contribution is 6.32. The number of anilines is 2. The highest BCUT2D eigenvalue weighted by atomic mass is 35.5. The second kappa shape index (κ2) is 6.99. The van der Waals surface area contributed by atoms with Gasteiger partial charge in [-0.1, -0.05) is 18.5 Å². The second-order valence-electron chi connectivity index (χ2n) is 8.20. The number of halogens is 2. The zero-order valence-electron chi connectivity index (χ0n) is 17.4. The summed E-state index contributed by atoms with van der Waals surface area (Å²) in [6.07, 6.45) is 0.717. The van der Waals surface area contributed by atoms with Gasteiger partial charge in [-0.3, -0.25) is 14.5 Å². The van der Waals surface area contributed by atoms with Crippen LogP contribution in [0, 0.1) is 12.7 Å². The highest BCUT2D eigenvalue weighted by Crippen LogP contribution is 2.43. The number of hydrogen-bond donors (Lipinski definition) is 0. The Kier molecular flexibility index (Phi) is 4.86. The molecule has 1 aromatic carbocycles. The number of carbonyl (C=O) groups excluding carboxylic acids is 1. The molecule has 3 heterocycles. The van der Waals surface area contributed by atoms with Crippen LogP contribution in [0.5, 0.6) is 0 Å². The van der Waals surface area contributed by atoms with Gasteiger partial charge >= 0.3 is 0 Å². The number of aryl methyl sites for hydroxylation is 1. The van der Waals surface area contributed by atoms with Crippen LogP contribution in [0.4, 0.5) is 15.8 Å². The van der Waals surface area contributed by atoms with Gasteiger partial charge in [0.15, 0.2) is 5.82 Å². The lowest BCUT2D eigenvalue weighted by Crippen LogP contribution is -2.65. The first kappa shape index (κ1) is 20.2. The third-order valence-corrected chi connectivity index (χ3v) is 6.74. The predicted octanol–water partition coefficient (Wildman–Crippen LogP) is 2.90. The van der Waals surface area contributed by atoms with Crippen molar-refractivity contribution in [2.75, 3.05) is 36.5 Å². The Morgan fingerprint density at radius 2 is 1.90 bits per heavy atom. The zero-order valence-corrected chi connectivity index (χ0v) is 18.2. The standard InChI is InChI=1S/C21H26ClFN4O2/c1-6-7-26-19-18(27-9-11(2)24(4)10-15(27)20(26)28)13-8-14(22)12(3)16(23)17(13)25(5)21(19)29/h8,11,15H,6-7,9-10H2,1-5H3. The molecule has 29 heavy (non-hydrogen) atoms. The van der Waals surface area contributed by atoms with Crippen molar-refractivity contribution in [3.63, 3.8) is 0 Å². The van der Waals surface area contributed by atoms with Crippen molar-refractivity contribution < 1.29 is 9.18 Å². The summed E-state index contributed by atoms with van der Waals surface area (Å²) >= 11 is 6.35. The van der Waals surface area contributed by atoms with E-state index >= 15 is 4.39 Å². The van der Waals surface area contributed by atoms with Gasteiger partial charge in [0.1, 0.15) is 11.7 Å². The Hall–Kier alpha value is -2.12. The number of rotatable bonds is 2. The van der Waals surface area contributed by atoms with Crippen LogP contribution in [0.15, 0.2) is 10.9 Å². The molecule has 1 saturated heterocycles. The van der Waals surface area contributed by atoms with E-state index in [0.29, 0.717) is 53.4 Å². The summed E-state index contributed by atoms with van der Waals surface area (Å²) in [6, 6.07) is 1.51. The molecule has 1 aromatic heterocycles. The molecule has 2 atom stereocenters. The minimum Gasteiger partial charge on any atom is -0.354 e. The van der Waals surface area contributed by atoms with Gasteiger partial charge in [0.25, 0.3) is 11.5 Å². The number of likely N-dealkylation sites (N-methyl/N-ethyl adjacent to an activating group) is 1. The van der Waals surface area contributed by atoms with Crippen molar-refractivity contribution in [3.8, 4) is 0 Å². The van der Waals surface area contributed by atoms with E-state index in [4.69, 9.17) is 11.6 Å². The van der Waals surface area contributed by atoms with Crippen LogP contribution >= 0.6 is 11.6 Å². The summed E-state index contributed by atoms with van der Waals surface area (Å²) in [5.74, 6) is -0.569. The summed E-state index contributed by atoms with van der Waals surface area (Å²) < 4.78 is 16.5. The number of benzene rings is 1. The normalized spacial score (nSPS) is 22.2. The minimum atomic E-state index is -0.493. The topological polar surface area (TPSA) is 48.8 Å². The highest BCUT2D eigenvalue weighted by Gasteiger charge is 2.45. The Morgan fingerprint density at radius 3 is 2.55 bits per heavy atom. The number of hydrogen-bond acceptors (Lipinski definition) is 4. The van der Waals surface area contributed by atoms with Crippen LogP contribution in [0.2, 0.25) is 5.02 Å². The molecule has 4 rings (SSSR count). The summed E-state index contributed by atoms with van der Waals surface area (Å²) in [4.78, 5) is 32.4. The van der Waals surface area contributed by atoms with Gasteiger partial charge in [-0.2, -0.15) is 0 Å². The Balaban J connectivity index is 2.13. The molecule has 2 aliphatic rings. The summed E-state index contributed by atoms with van der Waals surface area (Å²) in [6.45, 7) is 7.24. The van der Waals surface area contributed by atoms with Gasteiger partial charge in [0.2, 0.25) is 0 Å². The van der Waals surface area contributed by atoms with Gasteiger partial charge in [0.05, 0.1) is 11.2 Å². The van der Waals surface area contributed by atoms with Crippen LogP contribution in [0.1, 0.15) is 25.8 Å². The van der Waals surface area contributed by atoms with Crippen LogP contribution in [0.25, 0.3) is 10.9 Å². The average Bonchev–Trinajstić information content (AvgIpc) is 2.67. The fourth-order valence-corrected chi connectivity index (χ4v) is 4.72. The number of amides is 1. The molecule has 2 aromatic rings. The van der Waals surface area contributed by atoms with E-state index in [1.165, 1.54) is 4.57 Å². The van der Waals surface area contributed by atoms with E-state index in [-0.39, 0.29) is 23.0 Å². The predicted molar refractivity (Wildman–Crippen MR) is 115 cm³/mol. The maximum absolute atomic E-state index is 15.2. The van der Waals surface area contributed by atoms with Gasteiger partial charge in [-0.15, -0.1) is 0 Å². The largest absolute Gasteiger partial charge is 0.354 e. The molecule has 2 unspecified atom stereocenters. The first-order valence-electron chi connectivity index (χ1n) is 9.98. The SMILES string of the molecule is CCCN1C(=O)C2CN(C)C(C)CN2c2c1c(=O)n(C)c1c(F)c(C)c(Cl)cc21. The minimum absolute atomic E-state index is 0.0757. The first-order chi connectivity index (χ1) is 13.7. The number of fused-ring (bicyclic) bond motifs is 5. The van der Waals surface area contributed by atoms with Crippen LogP contribution in [-0.2, 0) is 11.8 Å². The van der Waals surface area contributed by atoms with E-state index < -0.39 is 11.9 Å². The number of aromatic nitrogens is 1. The molecular formula is C21H26ClFN4O2. The molecule has 0 radical (unpaired) electrons. The number of pyridine rings is 1. The zero-order chi connectivity index (χ0) is 21.2. The van der Waals surface area contributed by atoms with Crippen molar-refractivity contribution in [2.24, 2.45) is 7.05 Å². The van der Waals surface area contributed by atoms with Crippen molar-refractivity contribution in [3.05, 3.63) is 32.8 Å². The maximum Gasteiger partial charge on any atom is 0.277 e. The van der Waals surface area contributed by atoms with Crippen LogP contribution < -0.4 is 15.4 Å². The lowest BCUT2D eigenvalue weighted by atomic mass is 9.97. The number of carbonyl (C=O) groups is 1. The van der Waals surface area contributed by atoms with E-state index in [0.717, 1.165) is 0 Å². The van der Waals surface area contributed by atoms with Crippen molar-refractivity contribution in [2.45, 2.75) is 39.3 Å². The fraction of sp³-hybridized carbons (Fsp3) is 0.524. The van der Waals surface area contributed by atoms with Crippen molar-refractivity contribution in [1.29, 1.82) is 0 Å². The summed E-state index contributed by atoms with van der Waals surface area (Å²) in [7, 11) is 3.55. The lowest BCUT2D eigenvalue weighted by Gasteiger charge is -2.49. The van der Waals surface area contributed by atoms with Crippen molar-refractivity contribution in [1.82, 2.24) is 9.47 Å². The molecule has 6 nitrogen and oxygen atoms in total. The summed E-state index contributed by atoms with van der Waals surface area (Å²) in [5, 5.41) is 0.888. The van der Waals surface area contributed by atoms with E-state index in [1.807, 2.05) is 18.9 Å². The van der Waals surface area contributed by atoms with Gasteiger partial charge < -0.3 is 14.4 Å².